The number of pyridine rings is 1. The molecule has 0 aliphatic carbocycles. The van der Waals surface area contributed by atoms with Gasteiger partial charge in [0.15, 0.2) is 5.82 Å². The second-order valence-corrected chi connectivity index (χ2v) is 8.84. The molecule has 0 fully saturated rings. The number of halogens is 6. The highest BCUT2D eigenvalue weighted by Gasteiger charge is 2.63. The van der Waals surface area contributed by atoms with Gasteiger partial charge >= 0.3 is 6.18 Å². The molecule has 2 aliphatic rings. The molecule has 0 N–H and O–H groups in total. The Hall–Kier alpha value is -2.85. The van der Waals surface area contributed by atoms with Crippen LogP contribution in [-0.2, 0) is 23.5 Å². The average molecular weight is 517 g/mol. The summed E-state index contributed by atoms with van der Waals surface area (Å²) in [6.07, 6.45) is -2.45. The summed E-state index contributed by atoms with van der Waals surface area (Å²) in [5.41, 5.74) is -1.61. The Labute approximate surface area is 202 Å². The van der Waals surface area contributed by atoms with Crippen LogP contribution < -0.4 is 0 Å². The Balaban J connectivity index is 1.58. The van der Waals surface area contributed by atoms with Crippen molar-refractivity contribution < 1.29 is 27.2 Å². The molecular weight excluding hydrogens is 499 g/mol. The van der Waals surface area contributed by atoms with Gasteiger partial charge in [-0.2, -0.15) is 13.2 Å². The molecule has 0 saturated carbocycles. The molecule has 1 unspecified atom stereocenters. The van der Waals surface area contributed by atoms with Gasteiger partial charge in [-0.25, -0.2) is 4.39 Å². The van der Waals surface area contributed by atoms with E-state index in [-0.39, 0.29) is 30.5 Å². The van der Waals surface area contributed by atoms with E-state index in [4.69, 9.17) is 28.0 Å². The van der Waals surface area contributed by atoms with Crippen molar-refractivity contribution >= 4 is 34.9 Å². The quantitative estimate of drug-likeness (QED) is 0.314. The van der Waals surface area contributed by atoms with Gasteiger partial charge in [-0.1, -0.05) is 34.4 Å². The second-order valence-electron chi connectivity index (χ2n) is 8.02. The molecule has 0 spiro atoms. The molecular formula is C22H18Cl2F4N4O2. The fourth-order valence-electron chi connectivity index (χ4n) is 3.90. The van der Waals surface area contributed by atoms with Crippen LogP contribution in [0.3, 0.4) is 0 Å². The van der Waals surface area contributed by atoms with Crippen LogP contribution in [0.4, 0.5) is 17.6 Å². The number of hydrogen-bond donors (Lipinski definition) is 0. The molecule has 0 bridgehead atoms. The predicted molar refractivity (Wildman–Crippen MR) is 118 cm³/mol. The van der Waals surface area contributed by atoms with Crippen molar-refractivity contribution in [2.24, 2.45) is 5.16 Å². The van der Waals surface area contributed by atoms with Crippen molar-refractivity contribution in [2.75, 3.05) is 13.6 Å². The summed E-state index contributed by atoms with van der Waals surface area (Å²) in [4.78, 5) is 24.7. The molecule has 1 atom stereocenters. The molecule has 12 heteroatoms. The summed E-state index contributed by atoms with van der Waals surface area (Å²) < 4.78 is 56.5. The highest BCUT2D eigenvalue weighted by molar-refractivity contribution is 6.35. The van der Waals surface area contributed by atoms with Crippen LogP contribution in [0, 0.1) is 5.82 Å². The molecule has 2 aliphatic heterocycles. The maximum Gasteiger partial charge on any atom is 0.435 e. The number of oxime groups is 1. The highest BCUT2D eigenvalue weighted by Crippen LogP contribution is 2.50. The van der Waals surface area contributed by atoms with Crippen LogP contribution >= 0.6 is 23.2 Å². The maximum atomic E-state index is 14.2. The highest BCUT2D eigenvalue weighted by atomic mass is 35.5. The zero-order valence-corrected chi connectivity index (χ0v) is 19.3. The minimum atomic E-state index is -4.90. The number of amidine groups is 1. The third-order valence-electron chi connectivity index (χ3n) is 5.76. The summed E-state index contributed by atoms with van der Waals surface area (Å²) in [5, 5.41) is 2.62. The van der Waals surface area contributed by atoms with Crippen LogP contribution in [0.15, 0.2) is 42.2 Å². The maximum absolute atomic E-state index is 14.2. The van der Waals surface area contributed by atoms with E-state index in [1.54, 1.807) is 24.1 Å². The first-order chi connectivity index (χ1) is 16.0. The minimum absolute atomic E-state index is 0.0433. The molecule has 0 radical (unpaired) electrons. The number of fused-ring (bicyclic) bond motifs is 1. The van der Waals surface area contributed by atoms with Crippen molar-refractivity contribution in [1.82, 2.24) is 14.8 Å². The van der Waals surface area contributed by atoms with Gasteiger partial charge in [0.1, 0.15) is 11.5 Å². The number of aromatic nitrogens is 1. The molecule has 3 heterocycles. The molecule has 6 nitrogen and oxygen atoms in total. The zero-order valence-electron chi connectivity index (χ0n) is 17.8. The van der Waals surface area contributed by atoms with Crippen LogP contribution in [0.5, 0.6) is 0 Å². The lowest BCUT2D eigenvalue weighted by Gasteiger charge is -2.30. The summed E-state index contributed by atoms with van der Waals surface area (Å²) in [7, 11) is 1.61. The summed E-state index contributed by atoms with van der Waals surface area (Å²) in [5.74, 6) is -1.28. The molecule has 180 valence electrons. The Morgan fingerprint density at radius 1 is 1.26 bits per heavy atom. The van der Waals surface area contributed by atoms with Crippen LogP contribution in [0.1, 0.15) is 33.6 Å². The summed E-state index contributed by atoms with van der Waals surface area (Å²) in [6.45, 7) is 4.39. The van der Waals surface area contributed by atoms with Gasteiger partial charge in [0.2, 0.25) is 0 Å². The first kappa shape index (κ1) is 24.3. The Morgan fingerprint density at radius 3 is 2.53 bits per heavy atom. The molecule has 34 heavy (non-hydrogen) atoms. The van der Waals surface area contributed by atoms with E-state index < -0.39 is 39.6 Å². The standard InChI is InChI=1S/C22H18Cl2F4N4O2/c1-3-4-31(2)20(33)17-5-12-10-32(11-13(12)9-29-17)18-8-21(34-30-18,22(26,27)28)14-6-15(23)19(25)16(24)7-14/h3,5-7,9H,1,4,8,10-11H2,2H3. The molecule has 1 aromatic carbocycles. The first-order valence-corrected chi connectivity index (χ1v) is 10.8. The topological polar surface area (TPSA) is 58.0 Å². The Bertz CT molecular complexity index is 1180. The number of alkyl halides is 3. The van der Waals surface area contributed by atoms with Crippen LogP contribution in [-0.4, -0.2) is 46.3 Å². The first-order valence-electron chi connectivity index (χ1n) is 10.0. The number of carbonyl (C=O) groups excluding carboxylic acids is 1. The number of hydrogen-bond acceptors (Lipinski definition) is 5. The number of amides is 1. The van der Waals surface area contributed by atoms with Gasteiger partial charge in [0.05, 0.1) is 16.5 Å². The Kier molecular flexibility index (Phi) is 6.24. The van der Waals surface area contributed by atoms with E-state index >= 15 is 0 Å². The third-order valence-corrected chi connectivity index (χ3v) is 6.31. The lowest BCUT2D eigenvalue weighted by Crippen LogP contribution is -2.44. The minimum Gasteiger partial charge on any atom is -0.372 e. The SMILES string of the molecule is C=CCN(C)C(=O)c1cc2c(cn1)CN(C1=NOC(c3cc(Cl)c(F)c(Cl)c3)(C(F)(F)F)C1)C2. The van der Waals surface area contributed by atoms with Crippen molar-refractivity contribution in [3.63, 3.8) is 0 Å². The number of carbonyl (C=O) groups is 1. The normalized spacial score (nSPS) is 19.5. The lowest BCUT2D eigenvalue weighted by molar-refractivity contribution is -0.275. The number of likely N-dealkylation sites (N-methyl/N-ethyl adjacent to an activating group) is 1. The molecule has 4 rings (SSSR count). The molecule has 1 aromatic heterocycles. The van der Waals surface area contributed by atoms with Gasteiger partial charge in [0.25, 0.3) is 11.5 Å². The smallest absolute Gasteiger partial charge is 0.372 e. The van der Waals surface area contributed by atoms with E-state index in [1.165, 1.54) is 11.1 Å². The van der Waals surface area contributed by atoms with E-state index in [2.05, 4.69) is 16.7 Å². The zero-order chi connectivity index (χ0) is 24.8. The second kappa shape index (κ2) is 8.74. The molecule has 0 saturated heterocycles. The van der Waals surface area contributed by atoms with E-state index in [9.17, 15) is 22.4 Å². The Morgan fingerprint density at radius 2 is 1.91 bits per heavy atom. The van der Waals surface area contributed by atoms with Gasteiger partial charge in [-0.05, 0) is 29.3 Å². The molecule has 1 amide bonds. The fraction of sp³-hybridized carbons (Fsp3) is 0.318. The van der Waals surface area contributed by atoms with Crippen molar-refractivity contribution in [1.29, 1.82) is 0 Å². The largest absolute Gasteiger partial charge is 0.435 e. The lowest BCUT2D eigenvalue weighted by atomic mass is 9.89. The van der Waals surface area contributed by atoms with Gasteiger partial charge in [-0.3, -0.25) is 9.78 Å². The third kappa shape index (κ3) is 4.09. The van der Waals surface area contributed by atoms with Gasteiger partial charge in [-0.15, -0.1) is 6.58 Å². The van der Waals surface area contributed by atoms with Crippen molar-refractivity contribution in [3.05, 3.63) is 75.3 Å². The number of nitrogens with zero attached hydrogens (tertiary/aromatic N) is 4. The van der Waals surface area contributed by atoms with Crippen molar-refractivity contribution in [3.8, 4) is 0 Å². The number of benzene rings is 1. The predicted octanol–water partition coefficient (Wildman–Crippen LogP) is 5.29. The summed E-state index contributed by atoms with van der Waals surface area (Å²) >= 11 is 11.5. The monoisotopic (exact) mass is 516 g/mol. The summed E-state index contributed by atoms with van der Waals surface area (Å²) in [6, 6.07) is 3.30. The van der Waals surface area contributed by atoms with Gasteiger partial charge in [0, 0.05) is 38.4 Å². The number of rotatable bonds is 4. The van der Waals surface area contributed by atoms with Gasteiger partial charge < -0.3 is 14.6 Å². The molecule has 2 aromatic rings. The average Bonchev–Trinajstić information content (AvgIpc) is 3.41. The van der Waals surface area contributed by atoms with Crippen molar-refractivity contribution in [2.45, 2.75) is 31.3 Å². The van der Waals surface area contributed by atoms with E-state index in [1.807, 2.05) is 0 Å². The van der Waals surface area contributed by atoms with Crippen LogP contribution in [0.2, 0.25) is 10.0 Å². The van der Waals surface area contributed by atoms with Crippen LogP contribution in [0.25, 0.3) is 0 Å². The fourth-order valence-corrected chi connectivity index (χ4v) is 4.39. The van der Waals surface area contributed by atoms with E-state index in [0.29, 0.717) is 6.54 Å². The van der Waals surface area contributed by atoms with E-state index in [0.717, 1.165) is 23.3 Å².